The van der Waals surface area contributed by atoms with Crippen LogP contribution < -0.4 is 4.74 Å². The van der Waals surface area contributed by atoms with Crippen LogP contribution in [0.2, 0.25) is 0 Å². The summed E-state index contributed by atoms with van der Waals surface area (Å²) in [5.74, 6) is -0.338. The standard InChI is InChI=1S/C15H13BrF2O/c1-19-14-4-2-10(3-5-14)6-15(16)11-7-12(17)9-13(18)8-11/h2-5,7-9,15H,6H2,1H3. The fraction of sp³-hybridized carbons (Fsp3) is 0.200. The predicted octanol–water partition coefficient (Wildman–Crippen LogP) is 4.65. The van der Waals surface area contributed by atoms with E-state index in [0.717, 1.165) is 17.4 Å². The highest BCUT2D eigenvalue weighted by Crippen LogP contribution is 2.28. The molecule has 0 bridgehead atoms. The van der Waals surface area contributed by atoms with Crippen molar-refractivity contribution in [1.29, 1.82) is 0 Å². The minimum atomic E-state index is -0.561. The Balaban J connectivity index is 2.13. The Bertz CT molecular complexity index is 534. The van der Waals surface area contributed by atoms with E-state index < -0.39 is 11.6 Å². The Labute approximate surface area is 119 Å². The molecular formula is C15H13BrF2O. The van der Waals surface area contributed by atoms with Crippen molar-refractivity contribution in [3.8, 4) is 5.75 Å². The molecule has 0 aliphatic carbocycles. The van der Waals surface area contributed by atoms with Crippen molar-refractivity contribution in [3.63, 3.8) is 0 Å². The lowest BCUT2D eigenvalue weighted by molar-refractivity contribution is 0.414. The Morgan fingerprint density at radius 1 is 1.05 bits per heavy atom. The van der Waals surface area contributed by atoms with Gasteiger partial charge in [0.15, 0.2) is 0 Å². The fourth-order valence-corrected chi connectivity index (χ4v) is 2.48. The molecule has 0 N–H and O–H groups in total. The van der Waals surface area contributed by atoms with Crippen LogP contribution in [0.25, 0.3) is 0 Å². The number of alkyl halides is 1. The largest absolute Gasteiger partial charge is 0.497 e. The van der Waals surface area contributed by atoms with Gasteiger partial charge in [-0.25, -0.2) is 8.78 Å². The van der Waals surface area contributed by atoms with Crippen molar-refractivity contribution in [2.24, 2.45) is 0 Å². The molecule has 100 valence electrons. The van der Waals surface area contributed by atoms with Crippen LogP contribution in [0.15, 0.2) is 42.5 Å². The Hall–Kier alpha value is -1.42. The minimum absolute atomic E-state index is 0.133. The second kappa shape index (κ2) is 6.15. The zero-order chi connectivity index (χ0) is 13.8. The summed E-state index contributed by atoms with van der Waals surface area (Å²) in [5.41, 5.74) is 1.65. The van der Waals surface area contributed by atoms with Crippen LogP contribution in [0.3, 0.4) is 0 Å². The van der Waals surface area contributed by atoms with Crippen LogP contribution in [-0.2, 0) is 6.42 Å². The van der Waals surface area contributed by atoms with Gasteiger partial charge in [0.2, 0.25) is 0 Å². The minimum Gasteiger partial charge on any atom is -0.497 e. The van der Waals surface area contributed by atoms with Gasteiger partial charge in [0.05, 0.1) is 7.11 Å². The van der Waals surface area contributed by atoms with E-state index in [0.29, 0.717) is 12.0 Å². The van der Waals surface area contributed by atoms with E-state index in [1.54, 1.807) is 7.11 Å². The first-order valence-electron chi connectivity index (χ1n) is 5.81. The lowest BCUT2D eigenvalue weighted by Crippen LogP contribution is -1.97. The van der Waals surface area contributed by atoms with Crippen LogP contribution in [0, 0.1) is 11.6 Å². The van der Waals surface area contributed by atoms with E-state index in [-0.39, 0.29) is 4.83 Å². The van der Waals surface area contributed by atoms with Gasteiger partial charge >= 0.3 is 0 Å². The summed E-state index contributed by atoms with van der Waals surface area (Å²) in [5, 5.41) is 0. The Kier molecular flexibility index (Phi) is 4.53. The number of rotatable bonds is 4. The van der Waals surface area contributed by atoms with Gasteiger partial charge in [0.25, 0.3) is 0 Å². The summed E-state index contributed by atoms with van der Waals surface area (Å²) in [6, 6.07) is 11.1. The van der Waals surface area contributed by atoms with Gasteiger partial charge in [0, 0.05) is 10.9 Å². The maximum Gasteiger partial charge on any atom is 0.126 e. The van der Waals surface area contributed by atoms with E-state index in [1.807, 2.05) is 24.3 Å². The van der Waals surface area contributed by atoms with Crippen LogP contribution in [0.1, 0.15) is 16.0 Å². The molecule has 2 aromatic rings. The first kappa shape index (κ1) is 14.0. The summed E-state index contributed by atoms with van der Waals surface area (Å²) in [7, 11) is 1.61. The van der Waals surface area contributed by atoms with Crippen LogP contribution in [0.4, 0.5) is 8.78 Å². The van der Waals surface area contributed by atoms with Crippen LogP contribution in [0.5, 0.6) is 5.75 Å². The second-order valence-corrected chi connectivity index (χ2v) is 5.33. The number of hydrogen-bond donors (Lipinski definition) is 0. The zero-order valence-corrected chi connectivity index (χ0v) is 12.0. The van der Waals surface area contributed by atoms with Gasteiger partial charge < -0.3 is 4.74 Å². The van der Waals surface area contributed by atoms with E-state index in [2.05, 4.69) is 15.9 Å². The van der Waals surface area contributed by atoms with Crippen molar-refractivity contribution in [1.82, 2.24) is 0 Å². The monoisotopic (exact) mass is 326 g/mol. The molecular weight excluding hydrogens is 314 g/mol. The molecule has 1 atom stereocenters. The Morgan fingerprint density at radius 3 is 2.16 bits per heavy atom. The number of benzene rings is 2. The maximum atomic E-state index is 13.1. The van der Waals surface area contributed by atoms with E-state index in [1.165, 1.54) is 12.1 Å². The van der Waals surface area contributed by atoms with Gasteiger partial charge in [-0.05, 0) is 41.8 Å². The molecule has 0 fully saturated rings. The molecule has 0 saturated carbocycles. The number of ether oxygens (including phenoxy) is 1. The molecule has 0 aliphatic heterocycles. The predicted molar refractivity (Wildman–Crippen MR) is 74.7 cm³/mol. The summed E-state index contributed by atoms with van der Waals surface area (Å²) in [4.78, 5) is -0.133. The molecule has 0 aromatic heterocycles. The molecule has 2 rings (SSSR count). The number of methoxy groups -OCH3 is 1. The van der Waals surface area contributed by atoms with E-state index >= 15 is 0 Å². The van der Waals surface area contributed by atoms with Gasteiger partial charge in [-0.15, -0.1) is 0 Å². The van der Waals surface area contributed by atoms with Crippen molar-refractivity contribution in [2.45, 2.75) is 11.2 Å². The SMILES string of the molecule is COc1ccc(CC(Br)c2cc(F)cc(F)c2)cc1. The lowest BCUT2D eigenvalue weighted by atomic mass is 10.0. The fourth-order valence-electron chi connectivity index (χ4n) is 1.84. The summed E-state index contributed by atoms with van der Waals surface area (Å²) >= 11 is 3.46. The highest BCUT2D eigenvalue weighted by atomic mass is 79.9. The molecule has 19 heavy (non-hydrogen) atoms. The van der Waals surface area contributed by atoms with Crippen LogP contribution in [-0.4, -0.2) is 7.11 Å². The molecule has 1 unspecified atom stereocenters. The van der Waals surface area contributed by atoms with Crippen molar-refractivity contribution < 1.29 is 13.5 Å². The summed E-state index contributed by atoms with van der Waals surface area (Å²) in [6.45, 7) is 0. The van der Waals surface area contributed by atoms with Gasteiger partial charge in [-0.3, -0.25) is 0 Å². The normalized spacial score (nSPS) is 12.2. The highest BCUT2D eigenvalue weighted by molar-refractivity contribution is 9.09. The molecule has 2 aromatic carbocycles. The lowest BCUT2D eigenvalue weighted by Gasteiger charge is -2.11. The zero-order valence-electron chi connectivity index (χ0n) is 10.4. The average molecular weight is 327 g/mol. The number of halogens is 3. The smallest absolute Gasteiger partial charge is 0.126 e. The topological polar surface area (TPSA) is 9.23 Å². The van der Waals surface area contributed by atoms with Crippen molar-refractivity contribution in [3.05, 3.63) is 65.2 Å². The van der Waals surface area contributed by atoms with Gasteiger partial charge in [0.1, 0.15) is 17.4 Å². The molecule has 0 amide bonds. The Morgan fingerprint density at radius 2 is 1.63 bits per heavy atom. The van der Waals surface area contributed by atoms with E-state index in [4.69, 9.17) is 4.74 Å². The highest BCUT2D eigenvalue weighted by Gasteiger charge is 2.11. The van der Waals surface area contributed by atoms with Crippen molar-refractivity contribution in [2.75, 3.05) is 7.11 Å². The summed E-state index contributed by atoms with van der Waals surface area (Å²) in [6.07, 6.45) is 0.646. The quantitative estimate of drug-likeness (QED) is 0.743. The average Bonchev–Trinajstić information content (AvgIpc) is 2.38. The van der Waals surface area contributed by atoms with Crippen molar-refractivity contribution >= 4 is 15.9 Å². The molecule has 0 spiro atoms. The van der Waals surface area contributed by atoms with Crippen LogP contribution >= 0.6 is 15.9 Å². The molecule has 0 saturated heterocycles. The molecule has 0 radical (unpaired) electrons. The van der Waals surface area contributed by atoms with Gasteiger partial charge in [-0.2, -0.15) is 0 Å². The first-order chi connectivity index (χ1) is 9.08. The van der Waals surface area contributed by atoms with Gasteiger partial charge in [-0.1, -0.05) is 28.1 Å². The second-order valence-electron chi connectivity index (χ2n) is 4.22. The first-order valence-corrected chi connectivity index (χ1v) is 6.73. The molecule has 0 heterocycles. The molecule has 1 nitrogen and oxygen atoms in total. The maximum absolute atomic E-state index is 13.1. The third-order valence-corrected chi connectivity index (χ3v) is 3.67. The molecule has 4 heteroatoms. The van der Waals surface area contributed by atoms with E-state index in [9.17, 15) is 8.78 Å². The number of hydrogen-bond acceptors (Lipinski definition) is 1. The third kappa shape index (κ3) is 3.77. The summed E-state index contributed by atoms with van der Waals surface area (Å²) < 4.78 is 31.4. The third-order valence-electron chi connectivity index (χ3n) is 2.82. The molecule has 0 aliphatic rings.